The molecule has 32 heavy (non-hydrogen) atoms. The van der Waals surface area contributed by atoms with E-state index in [0.29, 0.717) is 15.6 Å². The highest BCUT2D eigenvalue weighted by molar-refractivity contribution is 7.99. The summed E-state index contributed by atoms with van der Waals surface area (Å²) in [6.45, 7) is 0. The molecule has 3 heterocycles. The van der Waals surface area contributed by atoms with Gasteiger partial charge in [-0.25, -0.2) is 9.97 Å². The van der Waals surface area contributed by atoms with Crippen molar-refractivity contribution in [2.45, 2.75) is 11.3 Å². The number of nitrogens with zero attached hydrogens (tertiary/aromatic N) is 3. The van der Waals surface area contributed by atoms with Crippen LogP contribution < -0.4 is 5.32 Å². The van der Waals surface area contributed by atoms with Crippen LogP contribution in [-0.2, 0) is 11.0 Å². The Morgan fingerprint density at radius 1 is 1.12 bits per heavy atom. The minimum absolute atomic E-state index is 0.126. The fraction of sp³-hybridized carbons (Fsp3) is 0.0952. The fourth-order valence-electron chi connectivity index (χ4n) is 2.80. The molecule has 4 aromatic rings. The topological polar surface area (TPSA) is 59.8 Å². The minimum atomic E-state index is -4.62. The maximum Gasteiger partial charge on any atom is 0.433 e. The Morgan fingerprint density at radius 3 is 2.56 bits per heavy atom. The van der Waals surface area contributed by atoms with Crippen molar-refractivity contribution in [2.75, 3.05) is 11.1 Å². The van der Waals surface area contributed by atoms with Crippen molar-refractivity contribution in [3.8, 4) is 16.3 Å². The van der Waals surface area contributed by atoms with E-state index in [9.17, 15) is 18.0 Å². The molecule has 0 radical (unpaired) electrons. The predicted molar refractivity (Wildman–Crippen MR) is 120 cm³/mol. The van der Waals surface area contributed by atoms with Gasteiger partial charge in [-0.1, -0.05) is 29.4 Å². The number of thioether (sulfide) groups is 1. The molecular weight excluding hydrogens is 481 g/mol. The number of anilines is 1. The largest absolute Gasteiger partial charge is 0.433 e. The lowest BCUT2D eigenvalue weighted by Crippen LogP contribution is -2.15. The molecule has 0 unspecified atom stereocenters. The molecule has 1 N–H and O–H groups in total. The second-order valence-corrected chi connectivity index (χ2v) is 8.79. The molecule has 0 saturated carbocycles. The summed E-state index contributed by atoms with van der Waals surface area (Å²) in [7, 11) is 0. The highest BCUT2D eigenvalue weighted by atomic mass is 35.5. The monoisotopic (exact) mass is 494 g/mol. The van der Waals surface area contributed by atoms with Gasteiger partial charge in [-0.2, -0.15) is 13.2 Å². The number of rotatable bonds is 6. The van der Waals surface area contributed by atoms with Crippen LogP contribution >= 0.6 is 34.7 Å². The van der Waals surface area contributed by atoms with Gasteiger partial charge < -0.3 is 9.88 Å². The van der Waals surface area contributed by atoms with Crippen LogP contribution in [0.3, 0.4) is 0 Å². The Balaban J connectivity index is 1.46. The minimum Gasteiger partial charge on any atom is -0.325 e. The van der Waals surface area contributed by atoms with Gasteiger partial charge in [-0.05, 0) is 47.8 Å². The first-order valence-electron chi connectivity index (χ1n) is 9.15. The molecule has 1 amide bonds. The lowest BCUT2D eigenvalue weighted by atomic mass is 10.2. The van der Waals surface area contributed by atoms with Gasteiger partial charge in [-0.15, -0.1) is 11.3 Å². The first-order valence-corrected chi connectivity index (χ1v) is 11.4. The molecular formula is C21H14ClF3N4OS2. The Labute approximate surface area is 194 Å². The number of halogens is 4. The van der Waals surface area contributed by atoms with Gasteiger partial charge in [-0.3, -0.25) is 4.79 Å². The number of nitrogens with one attached hydrogen (secondary N) is 1. The predicted octanol–water partition coefficient (Wildman–Crippen LogP) is 6.40. The smallest absolute Gasteiger partial charge is 0.325 e. The number of hydrogen-bond donors (Lipinski definition) is 1. The molecule has 0 bridgehead atoms. The molecule has 0 aliphatic carbocycles. The first kappa shape index (κ1) is 22.4. The number of thiophene rings is 1. The number of hydrogen-bond acceptors (Lipinski definition) is 5. The molecule has 4 rings (SSSR count). The zero-order valence-corrected chi connectivity index (χ0v) is 18.5. The van der Waals surface area contributed by atoms with Crippen LogP contribution in [0.5, 0.6) is 0 Å². The number of benzene rings is 1. The van der Waals surface area contributed by atoms with Crippen LogP contribution in [0.2, 0.25) is 5.02 Å². The lowest BCUT2D eigenvalue weighted by molar-refractivity contribution is -0.141. The van der Waals surface area contributed by atoms with Gasteiger partial charge in [0.15, 0.2) is 5.16 Å². The third kappa shape index (κ3) is 5.32. The molecule has 0 atom stereocenters. The summed E-state index contributed by atoms with van der Waals surface area (Å²) in [5.74, 6) is -0.583. The summed E-state index contributed by atoms with van der Waals surface area (Å²) in [6.07, 6.45) is -0.935. The first-order chi connectivity index (χ1) is 15.3. The van der Waals surface area contributed by atoms with E-state index in [1.165, 1.54) is 11.3 Å². The van der Waals surface area contributed by atoms with E-state index in [2.05, 4.69) is 15.3 Å². The standard InChI is InChI=1S/C21H14ClF3N4OS2/c22-14-10-13(5-6-16(14)29-7-1-2-8-29)26-19(30)12-32-20-27-15(17-4-3-9-31-17)11-18(28-20)21(23,24)25/h1-11H,12H2,(H,26,30). The van der Waals surface area contributed by atoms with E-state index in [1.54, 1.807) is 35.7 Å². The van der Waals surface area contributed by atoms with Crippen molar-refractivity contribution in [2.24, 2.45) is 0 Å². The molecule has 0 aliphatic heterocycles. The number of amides is 1. The highest BCUT2D eigenvalue weighted by Gasteiger charge is 2.34. The normalized spacial score (nSPS) is 11.5. The van der Waals surface area contributed by atoms with E-state index in [4.69, 9.17) is 11.6 Å². The van der Waals surface area contributed by atoms with E-state index < -0.39 is 17.8 Å². The second-order valence-electron chi connectivity index (χ2n) is 6.49. The summed E-state index contributed by atoms with van der Waals surface area (Å²) in [6, 6.07) is 13.1. The van der Waals surface area contributed by atoms with E-state index in [1.807, 2.05) is 29.1 Å². The Bertz CT molecular complexity index is 1230. The quantitative estimate of drug-likeness (QED) is 0.249. The van der Waals surface area contributed by atoms with Crippen LogP contribution in [0, 0.1) is 0 Å². The number of carbonyl (C=O) groups is 1. The van der Waals surface area contributed by atoms with Crippen molar-refractivity contribution in [3.05, 3.63) is 77.0 Å². The van der Waals surface area contributed by atoms with E-state index >= 15 is 0 Å². The number of alkyl halides is 3. The summed E-state index contributed by atoms with van der Waals surface area (Å²) in [4.78, 5) is 20.7. The fourth-order valence-corrected chi connectivity index (χ4v) is 4.42. The number of aromatic nitrogens is 3. The second kappa shape index (κ2) is 9.35. The van der Waals surface area contributed by atoms with Gasteiger partial charge in [0.05, 0.1) is 27.0 Å². The zero-order chi connectivity index (χ0) is 22.7. The summed E-state index contributed by atoms with van der Waals surface area (Å²) < 4.78 is 41.6. The van der Waals surface area contributed by atoms with Crippen molar-refractivity contribution >= 4 is 46.3 Å². The van der Waals surface area contributed by atoms with Crippen molar-refractivity contribution in [3.63, 3.8) is 0 Å². The Morgan fingerprint density at radius 2 is 1.91 bits per heavy atom. The maximum atomic E-state index is 13.3. The summed E-state index contributed by atoms with van der Waals surface area (Å²) in [5, 5.41) is 4.74. The van der Waals surface area contributed by atoms with Crippen LogP contribution in [0.25, 0.3) is 16.3 Å². The molecule has 11 heteroatoms. The van der Waals surface area contributed by atoms with Crippen LogP contribution in [0.1, 0.15) is 5.69 Å². The molecule has 0 saturated heterocycles. The summed E-state index contributed by atoms with van der Waals surface area (Å²) >= 11 is 8.40. The number of carbonyl (C=O) groups excluding carboxylic acids is 1. The molecule has 0 spiro atoms. The average Bonchev–Trinajstić information content (AvgIpc) is 3.46. The molecule has 164 valence electrons. The molecule has 1 aromatic carbocycles. The third-order valence-electron chi connectivity index (χ3n) is 4.22. The van der Waals surface area contributed by atoms with Crippen LogP contribution in [-0.4, -0.2) is 26.2 Å². The van der Waals surface area contributed by atoms with Gasteiger partial charge in [0.1, 0.15) is 5.69 Å². The average molecular weight is 495 g/mol. The molecule has 3 aromatic heterocycles. The third-order valence-corrected chi connectivity index (χ3v) is 6.26. The maximum absolute atomic E-state index is 13.3. The van der Waals surface area contributed by atoms with Crippen LogP contribution in [0.15, 0.2) is 71.5 Å². The van der Waals surface area contributed by atoms with Gasteiger partial charge in [0.25, 0.3) is 0 Å². The summed E-state index contributed by atoms with van der Waals surface area (Å²) in [5.41, 5.74) is 0.340. The highest BCUT2D eigenvalue weighted by Crippen LogP contribution is 2.33. The Kier molecular flexibility index (Phi) is 6.54. The van der Waals surface area contributed by atoms with Crippen molar-refractivity contribution in [1.29, 1.82) is 0 Å². The zero-order valence-electron chi connectivity index (χ0n) is 16.1. The Hall–Kier alpha value is -2.82. The van der Waals surface area contributed by atoms with Gasteiger partial charge >= 0.3 is 6.18 Å². The van der Waals surface area contributed by atoms with Crippen molar-refractivity contribution in [1.82, 2.24) is 14.5 Å². The lowest BCUT2D eigenvalue weighted by Gasteiger charge is -2.11. The van der Waals surface area contributed by atoms with Crippen LogP contribution in [0.4, 0.5) is 18.9 Å². The molecule has 0 aliphatic rings. The molecule has 0 fully saturated rings. The van der Waals surface area contributed by atoms with Gasteiger partial charge in [0, 0.05) is 18.1 Å². The van der Waals surface area contributed by atoms with Gasteiger partial charge in [0.2, 0.25) is 5.91 Å². The SMILES string of the molecule is O=C(CSc1nc(-c2cccs2)cc(C(F)(F)F)n1)Nc1ccc(-n2cccc2)c(Cl)c1. The van der Waals surface area contributed by atoms with E-state index in [0.717, 1.165) is 23.5 Å². The van der Waals surface area contributed by atoms with E-state index in [-0.39, 0.29) is 16.6 Å². The molecule has 5 nitrogen and oxygen atoms in total. The van der Waals surface area contributed by atoms with Crippen molar-refractivity contribution < 1.29 is 18.0 Å².